The highest BCUT2D eigenvalue weighted by Gasteiger charge is 2.32. The van der Waals surface area contributed by atoms with Gasteiger partial charge in [-0.25, -0.2) is 8.42 Å². The summed E-state index contributed by atoms with van der Waals surface area (Å²) in [5.41, 5.74) is 0.541. The summed E-state index contributed by atoms with van der Waals surface area (Å²) in [4.78, 5) is 14.9. The third kappa shape index (κ3) is 4.52. The van der Waals surface area contributed by atoms with Crippen molar-refractivity contribution in [3.63, 3.8) is 0 Å². The molecular weight excluding hydrogens is 364 g/mol. The topological polar surface area (TPSA) is 66.9 Å². The van der Waals surface area contributed by atoms with Gasteiger partial charge in [0.1, 0.15) is 0 Å². The third-order valence-corrected chi connectivity index (χ3v) is 7.13. The maximum Gasteiger partial charge on any atom is 0.253 e. The molecule has 2 aliphatic heterocycles. The fourth-order valence-electron chi connectivity index (χ4n) is 4.26. The molecule has 0 saturated carbocycles. The van der Waals surface area contributed by atoms with Crippen molar-refractivity contribution in [2.24, 2.45) is 11.8 Å². The van der Waals surface area contributed by atoms with E-state index in [1.807, 2.05) is 18.7 Å². The van der Waals surface area contributed by atoms with E-state index in [1.165, 1.54) is 4.31 Å². The molecular formula is C20H30N2O4S. The van der Waals surface area contributed by atoms with Gasteiger partial charge in [0.15, 0.2) is 0 Å². The van der Waals surface area contributed by atoms with Crippen LogP contribution in [0.2, 0.25) is 0 Å². The normalized spacial score (nSPS) is 30.3. The standard InChI is InChI=1S/C20H30N2O4S/c1-14-9-15(2)11-21(10-14)20(23)18-5-7-19(8-6-18)27(24,25)22-12-16(3)26-17(4)13-22/h5-8,14-17H,9-13H2,1-4H3. The number of sulfonamides is 1. The molecule has 0 spiro atoms. The quantitative estimate of drug-likeness (QED) is 0.790. The number of hydrogen-bond donors (Lipinski definition) is 0. The van der Waals surface area contributed by atoms with Crippen LogP contribution in [0, 0.1) is 11.8 Å². The Morgan fingerprint density at radius 1 is 0.926 bits per heavy atom. The molecule has 4 unspecified atom stereocenters. The Balaban J connectivity index is 1.75. The lowest BCUT2D eigenvalue weighted by Gasteiger charge is -2.35. The molecule has 1 amide bonds. The Bertz CT molecular complexity index is 758. The molecule has 7 heteroatoms. The number of ether oxygens (including phenoxy) is 1. The van der Waals surface area contributed by atoms with Crippen LogP contribution in [0.1, 0.15) is 44.5 Å². The monoisotopic (exact) mass is 394 g/mol. The van der Waals surface area contributed by atoms with E-state index >= 15 is 0 Å². The van der Waals surface area contributed by atoms with E-state index < -0.39 is 10.0 Å². The third-order valence-electron chi connectivity index (χ3n) is 5.28. The summed E-state index contributed by atoms with van der Waals surface area (Å²) in [5.74, 6) is 0.955. The zero-order valence-electron chi connectivity index (χ0n) is 16.6. The van der Waals surface area contributed by atoms with Crippen molar-refractivity contribution in [2.45, 2.75) is 51.2 Å². The minimum Gasteiger partial charge on any atom is -0.373 e. The average molecular weight is 395 g/mol. The number of morpholine rings is 1. The van der Waals surface area contributed by atoms with Crippen LogP contribution in [0.25, 0.3) is 0 Å². The van der Waals surface area contributed by atoms with Crippen molar-refractivity contribution in [3.8, 4) is 0 Å². The average Bonchev–Trinajstić information content (AvgIpc) is 2.59. The summed E-state index contributed by atoms with van der Waals surface area (Å²) >= 11 is 0. The molecule has 2 aliphatic rings. The Morgan fingerprint density at radius 3 is 1.96 bits per heavy atom. The van der Waals surface area contributed by atoms with Gasteiger partial charge in [-0.2, -0.15) is 4.31 Å². The van der Waals surface area contributed by atoms with Crippen LogP contribution in [0.15, 0.2) is 29.2 Å². The van der Waals surface area contributed by atoms with Crippen molar-refractivity contribution in [1.29, 1.82) is 0 Å². The fraction of sp³-hybridized carbons (Fsp3) is 0.650. The number of carbonyl (C=O) groups excluding carboxylic acids is 1. The number of hydrogen-bond acceptors (Lipinski definition) is 4. The fourth-order valence-corrected chi connectivity index (χ4v) is 5.85. The van der Waals surface area contributed by atoms with E-state index in [9.17, 15) is 13.2 Å². The van der Waals surface area contributed by atoms with Gasteiger partial charge in [-0.1, -0.05) is 13.8 Å². The first-order chi connectivity index (χ1) is 12.7. The Morgan fingerprint density at radius 2 is 1.44 bits per heavy atom. The van der Waals surface area contributed by atoms with Gasteiger partial charge in [0, 0.05) is 31.7 Å². The lowest BCUT2D eigenvalue weighted by atomic mass is 9.91. The van der Waals surface area contributed by atoms with E-state index in [2.05, 4.69) is 13.8 Å². The lowest BCUT2D eigenvalue weighted by Crippen LogP contribution is -2.48. The van der Waals surface area contributed by atoms with Gasteiger partial charge in [-0.05, 0) is 56.4 Å². The van der Waals surface area contributed by atoms with Gasteiger partial charge in [-0.3, -0.25) is 4.79 Å². The molecule has 6 nitrogen and oxygen atoms in total. The first-order valence-electron chi connectivity index (χ1n) is 9.71. The maximum absolute atomic E-state index is 12.9. The van der Waals surface area contributed by atoms with Crippen LogP contribution in [-0.4, -0.2) is 61.9 Å². The summed E-state index contributed by atoms with van der Waals surface area (Å²) in [5, 5.41) is 0. The summed E-state index contributed by atoms with van der Waals surface area (Å²) in [6, 6.07) is 6.35. The number of likely N-dealkylation sites (tertiary alicyclic amines) is 1. The summed E-state index contributed by atoms with van der Waals surface area (Å²) < 4.78 is 32.9. The molecule has 0 bridgehead atoms. The van der Waals surface area contributed by atoms with Gasteiger partial charge in [-0.15, -0.1) is 0 Å². The van der Waals surface area contributed by atoms with Gasteiger partial charge in [0.05, 0.1) is 17.1 Å². The Kier molecular flexibility index (Phi) is 5.93. The molecule has 3 rings (SSSR count). The van der Waals surface area contributed by atoms with Crippen molar-refractivity contribution in [1.82, 2.24) is 9.21 Å². The second kappa shape index (κ2) is 7.89. The SMILES string of the molecule is CC1CC(C)CN(C(=O)c2ccc(S(=O)(=O)N3CC(C)OC(C)C3)cc2)C1. The van der Waals surface area contributed by atoms with Gasteiger partial charge in [0.2, 0.25) is 10.0 Å². The molecule has 0 aromatic heterocycles. The lowest BCUT2D eigenvalue weighted by molar-refractivity contribution is -0.0440. The van der Waals surface area contributed by atoms with Crippen molar-refractivity contribution in [2.75, 3.05) is 26.2 Å². The first-order valence-corrected chi connectivity index (χ1v) is 11.2. The molecule has 2 saturated heterocycles. The molecule has 0 radical (unpaired) electrons. The Hall–Kier alpha value is -1.44. The molecule has 0 N–H and O–H groups in total. The smallest absolute Gasteiger partial charge is 0.253 e. The number of piperidine rings is 1. The summed E-state index contributed by atoms with van der Waals surface area (Å²) in [6.07, 6.45) is 0.872. The zero-order chi connectivity index (χ0) is 19.8. The minimum absolute atomic E-state index is 0.0223. The number of amides is 1. The van der Waals surface area contributed by atoms with Gasteiger partial charge in [0.25, 0.3) is 5.91 Å². The second-order valence-electron chi connectivity index (χ2n) is 8.26. The highest BCUT2D eigenvalue weighted by Crippen LogP contribution is 2.24. The molecule has 2 fully saturated rings. The molecule has 1 aromatic carbocycles. The van der Waals surface area contributed by atoms with Crippen LogP contribution < -0.4 is 0 Å². The molecule has 0 aliphatic carbocycles. The minimum atomic E-state index is -3.58. The number of rotatable bonds is 3. The number of carbonyl (C=O) groups is 1. The van der Waals surface area contributed by atoms with Crippen LogP contribution >= 0.6 is 0 Å². The van der Waals surface area contributed by atoms with Crippen LogP contribution in [0.3, 0.4) is 0 Å². The number of benzene rings is 1. The van der Waals surface area contributed by atoms with Gasteiger partial charge < -0.3 is 9.64 Å². The molecule has 2 heterocycles. The predicted octanol–water partition coefficient (Wildman–Crippen LogP) is 2.60. The van der Waals surface area contributed by atoms with Crippen LogP contribution in [-0.2, 0) is 14.8 Å². The van der Waals surface area contributed by atoms with E-state index in [-0.39, 0.29) is 23.0 Å². The zero-order valence-corrected chi connectivity index (χ0v) is 17.4. The number of nitrogens with zero attached hydrogens (tertiary/aromatic N) is 2. The van der Waals surface area contributed by atoms with Gasteiger partial charge >= 0.3 is 0 Å². The Labute approximate surface area is 162 Å². The second-order valence-corrected chi connectivity index (χ2v) is 10.2. The molecule has 150 valence electrons. The highest BCUT2D eigenvalue weighted by molar-refractivity contribution is 7.89. The summed E-state index contributed by atoms with van der Waals surface area (Å²) in [7, 11) is -3.58. The molecule has 27 heavy (non-hydrogen) atoms. The van der Waals surface area contributed by atoms with Crippen LogP contribution in [0.4, 0.5) is 0 Å². The predicted molar refractivity (Wildman–Crippen MR) is 104 cm³/mol. The van der Waals surface area contributed by atoms with Crippen LogP contribution in [0.5, 0.6) is 0 Å². The highest BCUT2D eigenvalue weighted by atomic mass is 32.2. The van der Waals surface area contributed by atoms with Crippen molar-refractivity contribution in [3.05, 3.63) is 29.8 Å². The largest absolute Gasteiger partial charge is 0.373 e. The van der Waals surface area contributed by atoms with Crippen molar-refractivity contribution < 1.29 is 17.9 Å². The molecule has 4 atom stereocenters. The van der Waals surface area contributed by atoms with E-state index in [0.717, 1.165) is 19.5 Å². The van der Waals surface area contributed by atoms with Crippen molar-refractivity contribution >= 4 is 15.9 Å². The summed E-state index contributed by atoms with van der Waals surface area (Å²) in [6.45, 7) is 10.3. The maximum atomic E-state index is 12.9. The van der Waals surface area contributed by atoms with E-state index in [4.69, 9.17) is 4.74 Å². The van der Waals surface area contributed by atoms with E-state index in [0.29, 0.717) is 30.5 Å². The van der Waals surface area contributed by atoms with E-state index in [1.54, 1.807) is 24.3 Å². The first kappa shape index (κ1) is 20.3. The molecule has 1 aromatic rings.